The lowest BCUT2D eigenvalue weighted by molar-refractivity contribution is 0.102. The molecule has 0 radical (unpaired) electrons. The fourth-order valence-corrected chi connectivity index (χ4v) is 1.85. The topological polar surface area (TPSA) is 78.9 Å². The number of hydrogen-bond acceptors (Lipinski definition) is 3. The second-order valence-corrected chi connectivity index (χ2v) is 4.40. The van der Waals surface area contributed by atoms with Crippen LogP contribution in [0.3, 0.4) is 0 Å². The van der Waals surface area contributed by atoms with Crippen LogP contribution in [0.15, 0.2) is 36.4 Å². The molecule has 6 heteroatoms. The summed E-state index contributed by atoms with van der Waals surface area (Å²) in [5, 5.41) is 11.7. The van der Waals surface area contributed by atoms with Crippen LogP contribution in [0.1, 0.15) is 15.9 Å². The van der Waals surface area contributed by atoms with Crippen LogP contribution in [-0.4, -0.2) is 5.91 Å². The maximum Gasteiger partial charge on any atom is 0.257 e. The number of anilines is 2. The summed E-state index contributed by atoms with van der Waals surface area (Å²) in [6.45, 7) is 0. The third kappa shape index (κ3) is 2.71. The number of rotatable bonds is 2. The fraction of sp³-hybridized carbons (Fsp3) is 0. The van der Waals surface area contributed by atoms with Gasteiger partial charge in [0.25, 0.3) is 5.91 Å². The Bertz CT molecular complexity index is 725. The summed E-state index contributed by atoms with van der Waals surface area (Å²) in [5.41, 5.74) is 5.95. The van der Waals surface area contributed by atoms with E-state index >= 15 is 0 Å². The zero-order valence-corrected chi connectivity index (χ0v) is 10.9. The smallest absolute Gasteiger partial charge is 0.257 e. The van der Waals surface area contributed by atoms with Crippen molar-refractivity contribution in [3.05, 3.63) is 58.4 Å². The van der Waals surface area contributed by atoms with Gasteiger partial charge < -0.3 is 11.1 Å². The van der Waals surface area contributed by atoms with Crippen LogP contribution in [0.5, 0.6) is 0 Å². The van der Waals surface area contributed by atoms with Crippen LogP contribution in [0.2, 0.25) is 5.02 Å². The van der Waals surface area contributed by atoms with E-state index in [1.807, 2.05) is 0 Å². The van der Waals surface area contributed by atoms with E-state index in [0.29, 0.717) is 5.02 Å². The number of nitrogens with one attached hydrogen (secondary N) is 1. The summed E-state index contributed by atoms with van der Waals surface area (Å²) in [7, 11) is 0. The Morgan fingerprint density at radius 3 is 2.75 bits per heavy atom. The molecule has 100 valence electrons. The molecule has 2 aromatic carbocycles. The largest absolute Gasteiger partial charge is 0.398 e. The Kier molecular flexibility index (Phi) is 3.87. The standard InChI is InChI=1S/C14H9ClFN3O/c15-8-4-5-9(12(18)6-8)14(20)19-13-3-1-2-11(16)10(13)7-17/h1-6H,18H2,(H,19,20). The Balaban J connectivity index is 2.33. The van der Waals surface area contributed by atoms with Gasteiger partial charge in [-0.1, -0.05) is 17.7 Å². The number of carbonyl (C=O) groups is 1. The van der Waals surface area contributed by atoms with E-state index in [2.05, 4.69) is 5.32 Å². The first-order chi connectivity index (χ1) is 9.52. The highest BCUT2D eigenvalue weighted by Crippen LogP contribution is 2.22. The number of halogens is 2. The average Bonchev–Trinajstić information content (AvgIpc) is 2.38. The summed E-state index contributed by atoms with van der Waals surface area (Å²) in [6, 6.07) is 10.1. The van der Waals surface area contributed by atoms with Gasteiger partial charge in [0.2, 0.25) is 0 Å². The molecule has 0 heterocycles. The highest BCUT2D eigenvalue weighted by Gasteiger charge is 2.14. The fourth-order valence-electron chi connectivity index (χ4n) is 1.67. The van der Waals surface area contributed by atoms with Crippen molar-refractivity contribution < 1.29 is 9.18 Å². The molecule has 2 rings (SSSR count). The molecule has 0 aliphatic carbocycles. The second kappa shape index (κ2) is 5.59. The maximum atomic E-state index is 13.4. The van der Waals surface area contributed by atoms with E-state index < -0.39 is 11.7 Å². The molecule has 4 nitrogen and oxygen atoms in total. The number of carbonyl (C=O) groups excluding carboxylic acids is 1. The molecule has 0 saturated heterocycles. The number of nitrogens with zero attached hydrogens (tertiary/aromatic N) is 1. The van der Waals surface area contributed by atoms with E-state index in [9.17, 15) is 9.18 Å². The molecule has 2 aromatic rings. The number of nitrogens with two attached hydrogens (primary N) is 1. The molecule has 1 amide bonds. The highest BCUT2D eigenvalue weighted by atomic mass is 35.5. The van der Waals surface area contributed by atoms with Gasteiger partial charge in [-0.15, -0.1) is 0 Å². The van der Waals surface area contributed by atoms with Gasteiger partial charge in [-0.2, -0.15) is 5.26 Å². The first-order valence-corrected chi connectivity index (χ1v) is 5.95. The number of nitriles is 1. The molecular formula is C14H9ClFN3O. The summed E-state index contributed by atoms with van der Waals surface area (Å²) in [4.78, 5) is 12.1. The van der Waals surface area contributed by atoms with Gasteiger partial charge in [-0.05, 0) is 30.3 Å². The van der Waals surface area contributed by atoms with Crippen molar-refractivity contribution in [2.24, 2.45) is 0 Å². The van der Waals surface area contributed by atoms with Crippen LogP contribution in [0.4, 0.5) is 15.8 Å². The minimum absolute atomic E-state index is 0.0897. The molecular weight excluding hydrogens is 281 g/mol. The van der Waals surface area contributed by atoms with Crippen molar-refractivity contribution >= 4 is 28.9 Å². The molecule has 0 saturated carbocycles. The minimum atomic E-state index is -0.700. The number of nitrogen functional groups attached to an aromatic ring is 1. The molecule has 20 heavy (non-hydrogen) atoms. The van der Waals surface area contributed by atoms with Gasteiger partial charge in [-0.25, -0.2) is 4.39 Å². The highest BCUT2D eigenvalue weighted by molar-refractivity contribution is 6.31. The van der Waals surface area contributed by atoms with Crippen LogP contribution >= 0.6 is 11.6 Å². The van der Waals surface area contributed by atoms with Crippen LogP contribution in [0.25, 0.3) is 0 Å². The van der Waals surface area contributed by atoms with E-state index in [0.717, 1.165) is 6.07 Å². The number of benzene rings is 2. The van der Waals surface area contributed by atoms with Gasteiger partial charge in [0.1, 0.15) is 17.4 Å². The lowest BCUT2D eigenvalue weighted by Crippen LogP contribution is -2.15. The Labute approximate surface area is 119 Å². The van der Waals surface area contributed by atoms with Gasteiger partial charge in [0, 0.05) is 10.7 Å². The van der Waals surface area contributed by atoms with E-state index in [1.54, 1.807) is 6.07 Å². The minimum Gasteiger partial charge on any atom is -0.398 e. The molecule has 0 aliphatic heterocycles. The van der Waals surface area contributed by atoms with Crippen LogP contribution < -0.4 is 11.1 Å². The first kappa shape index (κ1) is 13.8. The first-order valence-electron chi connectivity index (χ1n) is 5.58. The van der Waals surface area contributed by atoms with Crippen molar-refractivity contribution in [3.63, 3.8) is 0 Å². The van der Waals surface area contributed by atoms with Crippen molar-refractivity contribution in [2.45, 2.75) is 0 Å². The van der Waals surface area contributed by atoms with E-state index in [1.165, 1.54) is 30.3 Å². The average molecular weight is 290 g/mol. The van der Waals surface area contributed by atoms with Crippen molar-refractivity contribution in [2.75, 3.05) is 11.1 Å². The zero-order valence-electron chi connectivity index (χ0n) is 10.2. The van der Waals surface area contributed by atoms with Gasteiger partial charge in [0.05, 0.1) is 11.3 Å². The van der Waals surface area contributed by atoms with Crippen molar-refractivity contribution in [3.8, 4) is 6.07 Å². The Morgan fingerprint density at radius 1 is 1.35 bits per heavy atom. The number of amides is 1. The lowest BCUT2D eigenvalue weighted by atomic mass is 10.1. The van der Waals surface area contributed by atoms with Gasteiger partial charge in [-0.3, -0.25) is 4.79 Å². The maximum absolute atomic E-state index is 13.4. The molecule has 0 spiro atoms. The molecule has 0 unspecified atom stereocenters. The van der Waals surface area contributed by atoms with Gasteiger partial charge >= 0.3 is 0 Å². The third-order valence-electron chi connectivity index (χ3n) is 2.63. The van der Waals surface area contributed by atoms with Crippen molar-refractivity contribution in [1.29, 1.82) is 5.26 Å². The van der Waals surface area contributed by atoms with Crippen LogP contribution in [-0.2, 0) is 0 Å². The predicted octanol–water partition coefficient (Wildman–Crippen LogP) is 3.19. The van der Waals surface area contributed by atoms with Crippen molar-refractivity contribution in [1.82, 2.24) is 0 Å². The van der Waals surface area contributed by atoms with E-state index in [-0.39, 0.29) is 22.5 Å². The second-order valence-electron chi connectivity index (χ2n) is 3.96. The molecule has 0 aliphatic rings. The van der Waals surface area contributed by atoms with Crippen LogP contribution in [0, 0.1) is 17.1 Å². The molecule has 0 atom stereocenters. The quantitative estimate of drug-likeness (QED) is 0.833. The normalized spacial score (nSPS) is 9.85. The summed E-state index contributed by atoms with van der Waals surface area (Å²) >= 11 is 5.75. The summed E-state index contributed by atoms with van der Waals surface area (Å²) in [5.74, 6) is -1.24. The zero-order chi connectivity index (χ0) is 14.7. The molecule has 3 N–H and O–H groups in total. The summed E-state index contributed by atoms with van der Waals surface area (Å²) in [6.07, 6.45) is 0. The monoisotopic (exact) mass is 289 g/mol. The number of hydrogen-bond donors (Lipinski definition) is 2. The third-order valence-corrected chi connectivity index (χ3v) is 2.87. The Hall–Kier alpha value is -2.58. The lowest BCUT2D eigenvalue weighted by Gasteiger charge is -2.09. The SMILES string of the molecule is N#Cc1c(F)cccc1NC(=O)c1ccc(Cl)cc1N. The molecule has 0 fully saturated rings. The predicted molar refractivity (Wildman–Crippen MR) is 74.9 cm³/mol. The van der Waals surface area contributed by atoms with E-state index in [4.69, 9.17) is 22.6 Å². The van der Waals surface area contributed by atoms with Gasteiger partial charge in [0.15, 0.2) is 0 Å². The Morgan fingerprint density at radius 2 is 2.10 bits per heavy atom. The molecule has 0 bridgehead atoms. The molecule has 0 aromatic heterocycles. The summed E-state index contributed by atoms with van der Waals surface area (Å²) < 4.78 is 13.4.